The van der Waals surface area contributed by atoms with Gasteiger partial charge in [-0.15, -0.1) is 0 Å². The third kappa shape index (κ3) is 2.90. The van der Waals surface area contributed by atoms with Crippen molar-refractivity contribution in [3.63, 3.8) is 0 Å². The van der Waals surface area contributed by atoms with Crippen LogP contribution >= 0.6 is 0 Å². The first kappa shape index (κ1) is 13.5. The lowest BCUT2D eigenvalue weighted by Crippen LogP contribution is -2.40. The highest BCUT2D eigenvalue weighted by molar-refractivity contribution is 5.18. The monoisotopic (exact) mass is 247 g/mol. The molecule has 1 saturated carbocycles. The van der Waals surface area contributed by atoms with Gasteiger partial charge in [0.25, 0.3) is 0 Å². The first-order valence-electron chi connectivity index (χ1n) is 7.14. The average molecular weight is 247 g/mol. The Balaban J connectivity index is 2.17. The quantitative estimate of drug-likeness (QED) is 0.869. The van der Waals surface area contributed by atoms with E-state index in [9.17, 15) is 0 Å². The van der Waals surface area contributed by atoms with E-state index in [1.165, 1.54) is 31.2 Å². The molecule has 1 atom stereocenters. The number of hydrogen-bond acceptors (Lipinski definition) is 3. The summed E-state index contributed by atoms with van der Waals surface area (Å²) in [5, 5.41) is 0. The molecule has 2 N–H and O–H groups in total. The van der Waals surface area contributed by atoms with E-state index in [0.29, 0.717) is 18.6 Å². The van der Waals surface area contributed by atoms with Crippen LogP contribution in [0.15, 0.2) is 18.3 Å². The molecule has 0 aliphatic heterocycles. The highest BCUT2D eigenvalue weighted by Gasteiger charge is 2.27. The Kier molecular flexibility index (Phi) is 4.72. The van der Waals surface area contributed by atoms with Crippen LogP contribution in [0.25, 0.3) is 0 Å². The zero-order valence-corrected chi connectivity index (χ0v) is 11.6. The maximum Gasteiger partial charge on any atom is 0.0488 e. The second-order valence-corrected chi connectivity index (χ2v) is 5.25. The molecule has 1 heterocycles. The molecule has 18 heavy (non-hydrogen) atoms. The maximum atomic E-state index is 6.02. The van der Waals surface area contributed by atoms with Gasteiger partial charge < -0.3 is 5.73 Å². The Morgan fingerprint density at radius 2 is 2.11 bits per heavy atom. The molecule has 3 nitrogen and oxygen atoms in total. The van der Waals surface area contributed by atoms with Crippen LogP contribution in [0.2, 0.25) is 0 Å². The van der Waals surface area contributed by atoms with Crippen molar-refractivity contribution >= 4 is 0 Å². The summed E-state index contributed by atoms with van der Waals surface area (Å²) in [7, 11) is 0. The molecular formula is C15H25N3. The van der Waals surface area contributed by atoms with Gasteiger partial charge in [-0.3, -0.25) is 9.88 Å². The van der Waals surface area contributed by atoms with E-state index in [0.717, 1.165) is 12.2 Å². The number of aryl methyl sites for hydroxylation is 1. The summed E-state index contributed by atoms with van der Waals surface area (Å²) in [5.74, 6) is 0. The molecule has 1 aromatic rings. The number of nitrogens with two attached hydrogens (primary N) is 1. The molecule has 3 heteroatoms. The second-order valence-electron chi connectivity index (χ2n) is 5.25. The van der Waals surface area contributed by atoms with Gasteiger partial charge in [0.2, 0.25) is 0 Å². The van der Waals surface area contributed by atoms with Gasteiger partial charge in [0.05, 0.1) is 0 Å². The van der Waals surface area contributed by atoms with Crippen LogP contribution in [0.5, 0.6) is 0 Å². The summed E-state index contributed by atoms with van der Waals surface area (Å²) in [6.07, 6.45) is 7.37. The predicted octanol–water partition coefficient (Wildman–Crippen LogP) is 2.65. The summed E-state index contributed by atoms with van der Waals surface area (Å²) in [4.78, 5) is 6.98. The standard InChI is InChI=1S/C15H25N3/c1-3-18(14-6-4-5-7-14)15(10-16)13-9-8-12(2)17-11-13/h8-9,11,14-15H,3-7,10,16H2,1-2H3. The van der Waals surface area contributed by atoms with E-state index < -0.39 is 0 Å². The second kappa shape index (κ2) is 6.30. The Labute approximate surface area is 110 Å². The van der Waals surface area contributed by atoms with Crippen LogP contribution in [-0.2, 0) is 0 Å². The number of hydrogen-bond donors (Lipinski definition) is 1. The largest absolute Gasteiger partial charge is 0.329 e. The van der Waals surface area contributed by atoms with E-state index in [1.54, 1.807) is 0 Å². The lowest BCUT2D eigenvalue weighted by molar-refractivity contribution is 0.147. The average Bonchev–Trinajstić information content (AvgIpc) is 2.91. The summed E-state index contributed by atoms with van der Waals surface area (Å²) >= 11 is 0. The fourth-order valence-corrected chi connectivity index (χ4v) is 3.11. The highest BCUT2D eigenvalue weighted by atomic mass is 15.2. The Morgan fingerprint density at radius 1 is 1.39 bits per heavy atom. The molecule has 0 radical (unpaired) electrons. The molecule has 0 spiro atoms. The SMILES string of the molecule is CCN(C1CCCC1)C(CN)c1ccc(C)nc1. The van der Waals surface area contributed by atoms with Crippen molar-refractivity contribution < 1.29 is 0 Å². The Morgan fingerprint density at radius 3 is 2.61 bits per heavy atom. The number of rotatable bonds is 5. The van der Waals surface area contributed by atoms with Gasteiger partial charge in [0.1, 0.15) is 0 Å². The van der Waals surface area contributed by atoms with E-state index in [2.05, 4.69) is 28.9 Å². The van der Waals surface area contributed by atoms with Gasteiger partial charge in [-0.05, 0) is 37.9 Å². The summed E-state index contributed by atoms with van der Waals surface area (Å²) < 4.78 is 0. The van der Waals surface area contributed by atoms with Crippen molar-refractivity contribution in [2.75, 3.05) is 13.1 Å². The van der Waals surface area contributed by atoms with Gasteiger partial charge in [-0.2, -0.15) is 0 Å². The number of aromatic nitrogens is 1. The minimum atomic E-state index is 0.325. The topological polar surface area (TPSA) is 42.1 Å². The summed E-state index contributed by atoms with van der Waals surface area (Å²) in [6.45, 7) is 6.01. The normalized spacial score (nSPS) is 18.4. The molecule has 0 bridgehead atoms. The van der Waals surface area contributed by atoms with E-state index in [4.69, 9.17) is 5.73 Å². The van der Waals surface area contributed by atoms with Crippen molar-refractivity contribution in [1.29, 1.82) is 0 Å². The zero-order valence-electron chi connectivity index (χ0n) is 11.6. The van der Waals surface area contributed by atoms with Gasteiger partial charge >= 0.3 is 0 Å². The van der Waals surface area contributed by atoms with Crippen molar-refractivity contribution in [3.8, 4) is 0 Å². The first-order chi connectivity index (χ1) is 8.76. The third-order valence-electron chi connectivity index (χ3n) is 4.10. The predicted molar refractivity (Wildman–Crippen MR) is 75.4 cm³/mol. The van der Waals surface area contributed by atoms with Gasteiger partial charge in [0, 0.05) is 30.5 Å². The molecule has 1 unspecified atom stereocenters. The number of nitrogens with zero attached hydrogens (tertiary/aromatic N) is 2. The molecule has 2 rings (SSSR count). The molecule has 0 amide bonds. The number of pyridine rings is 1. The van der Waals surface area contributed by atoms with Crippen LogP contribution in [0, 0.1) is 6.92 Å². The molecular weight excluding hydrogens is 222 g/mol. The first-order valence-corrected chi connectivity index (χ1v) is 7.14. The van der Waals surface area contributed by atoms with E-state index in [-0.39, 0.29) is 0 Å². The van der Waals surface area contributed by atoms with Crippen molar-refractivity contribution in [3.05, 3.63) is 29.6 Å². The molecule has 1 fully saturated rings. The summed E-state index contributed by atoms with van der Waals surface area (Å²) in [6, 6.07) is 5.30. The smallest absolute Gasteiger partial charge is 0.0488 e. The molecule has 0 aromatic carbocycles. The number of likely N-dealkylation sites (N-methyl/N-ethyl adjacent to an activating group) is 1. The lowest BCUT2D eigenvalue weighted by atomic mass is 10.0. The molecule has 1 aromatic heterocycles. The lowest BCUT2D eigenvalue weighted by Gasteiger charge is -2.35. The molecule has 0 saturated heterocycles. The van der Waals surface area contributed by atoms with Crippen molar-refractivity contribution in [1.82, 2.24) is 9.88 Å². The molecule has 1 aliphatic rings. The fraction of sp³-hybridized carbons (Fsp3) is 0.667. The van der Waals surface area contributed by atoms with Crippen LogP contribution in [0.4, 0.5) is 0 Å². The Bertz CT molecular complexity index is 355. The van der Waals surface area contributed by atoms with Crippen molar-refractivity contribution in [2.24, 2.45) is 5.73 Å². The molecule has 1 aliphatic carbocycles. The van der Waals surface area contributed by atoms with Crippen LogP contribution < -0.4 is 5.73 Å². The minimum Gasteiger partial charge on any atom is -0.329 e. The van der Waals surface area contributed by atoms with E-state index in [1.807, 2.05) is 13.1 Å². The maximum absolute atomic E-state index is 6.02. The minimum absolute atomic E-state index is 0.325. The Hall–Kier alpha value is -0.930. The van der Waals surface area contributed by atoms with Gasteiger partial charge in [-0.25, -0.2) is 0 Å². The summed E-state index contributed by atoms with van der Waals surface area (Å²) in [5.41, 5.74) is 8.35. The fourth-order valence-electron chi connectivity index (χ4n) is 3.11. The van der Waals surface area contributed by atoms with Crippen LogP contribution in [0.3, 0.4) is 0 Å². The van der Waals surface area contributed by atoms with Crippen molar-refractivity contribution in [2.45, 2.75) is 51.6 Å². The van der Waals surface area contributed by atoms with Gasteiger partial charge in [-0.1, -0.05) is 25.8 Å². The van der Waals surface area contributed by atoms with Crippen LogP contribution in [-0.4, -0.2) is 29.0 Å². The van der Waals surface area contributed by atoms with E-state index >= 15 is 0 Å². The van der Waals surface area contributed by atoms with Crippen LogP contribution in [0.1, 0.15) is 49.9 Å². The zero-order chi connectivity index (χ0) is 13.0. The molecule has 100 valence electrons. The highest BCUT2D eigenvalue weighted by Crippen LogP contribution is 2.30. The van der Waals surface area contributed by atoms with Gasteiger partial charge in [0.15, 0.2) is 0 Å². The third-order valence-corrected chi connectivity index (χ3v) is 4.10.